The zero-order chi connectivity index (χ0) is 20.6. The molecule has 2 amide bonds. The summed E-state index contributed by atoms with van der Waals surface area (Å²) in [7, 11) is 0. The summed E-state index contributed by atoms with van der Waals surface area (Å²) in [6.45, 7) is 0.491. The molecule has 0 bridgehead atoms. The Hall–Kier alpha value is -3.47. The van der Waals surface area contributed by atoms with Crippen molar-refractivity contribution < 1.29 is 28.7 Å². The van der Waals surface area contributed by atoms with E-state index in [9.17, 15) is 19.7 Å². The maximum atomic E-state index is 11.9. The number of nitro benzene ring substituents is 1. The van der Waals surface area contributed by atoms with Crippen LogP contribution in [-0.4, -0.2) is 42.3 Å². The van der Waals surface area contributed by atoms with Crippen molar-refractivity contribution in [1.29, 1.82) is 0 Å². The van der Waals surface area contributed by atoms with Gasteiger partial charge in [0.05, 0.1) is 10.7 Å². The van der Waals surface area contributed by atoms with E-state index in [1.165, 1.54) is 30.0 Å². The molecule has 0 aromatic heterocycles. The number of ether oxygens (including phenoxy) is 3. The molecule has 2 aromatic carbocycles. The second-order valence-corrected chi connectivity index (χ2v) is 6.75. The lowest BCUT2D eigenvalue weighted by Crippen LogP contribution is -2.44. The highest BCUT2D eigenvalue weighted by molar-refractivity contribution is 8.00. The molecule has 1 heterocycles. The van der Waals surface area contributed by atoms with Crippen molar-refractivity contribution in [3.63, 3.8) is 0 Å². The van der Waals surface area contributed by atoms with Crippen LogP contribution < -0.4 is 25.1 Å². The van der Waals surface area contributed by atoms with Gasteiger partial charge >= 0.3 is 5.69 Å². The third-order valence-electron chi connectivity index (χ3n) is 3.65. The molecule has 0 aliphatic carbocycles. The van der Waals surface area contributed by atoms with E-state index in [4.69, 9.17) is 14.2 Å². The van der Waals surface area contributed by atoms with Gasteiger partial charge in [0.15, 0.2) is 23.9 Å². The minimum atomic E-state index is -0.652. The molecule has 10 nitrogen and oxygen atoms in total. The van der Waals surface area contributed by atoms with E-state index in [0.29, 0.717) is 24.7 Å². The first kappa shape index (κ1) is 20.3. The van der Waals surface area contributed by atoms with Crippen LogP contribution in [0.4, 0.5) is 5.69 Å². The zero-order valence-corrected chi connectivity index (χ0v) is 15.9. The number of carbonyl (C=O) groups excluding carboxylic acids is 2. The van der Waals surface area contributed by atoms with E-state index in [1.807, 2.05) is 6.07 Å². The molecule has 0 spiro atoms. The predicted octanol–water partition coefficient (Wildman–Crippen LogP) is 1.68. The molecule has 0 radical (unpaired) electrons. The highest BCUT2D eigenvalue weighted by Crippen LogP contribution is 2.34. The number of carbonyl (C=O) groups is 2. The van der Waals surface area contributed by atoms with E-state index in [1.54, 1.807) is 18.2 Å². The van der Waals surface area contributed by atoms with Gasteiger partial charge in [0.25, 0.3) is 5.91 Å². The molecule has 0 fully saturated rings. The zero-order valence-electron chi connectivity index (χ0n) is 15.1. The number of hydrogen-bond acceptors (Lipinski definition) is 8. The van der Waals surface area contributed by atoms with Crippen molar-refractivity contribution in [2.75, 3.05) is 25.6 Å². The summed E-state index contributed by atoms with van der Waals surface area (Å²) in [5, 5.41) is 10.9. The number of nitro groups is 1. The molecule has 1 aliphatic heterocycles. The molecule has 3 rings (SSSR count). The molecular formula is C18H17N3O7S. The molecule has 0 saturated heterocycles. The van der Waals surface area contributed by atoms with Crippen LogP contribution in [0.1, 0.15) is 0 Å². The number of rotatable bonds is 7. The topological polar surface area (TPSA) is 129 Å². The van der Waals surface area contributed by atoms with Crippen LogP contribution in [0.5, 0.6) is 17.2 Å². The van der Waals surface area contributed by atoms with Crippen molar-refractivity contribution >= 4 is 29.3 Å². The number of nitrogens with zero attached hydrogens (tertiary/aromatic N) is 1. The Morgan fingerprint density at radius 3 is 2.59 bits per heavy atom. The highest BCUT2D eigenvalue weighted by atomic mass is 32.2. The molecule has 0 saturated carbocycles. The van der Waals surface area contributed by atoms with Gasteiger partial charge in [-0.2, -0.15) is 0 Å². The largest absolute Gasteiger partial charge is 0.486 e. The molecule has 0 atom stereocenters. The van der Waals surface area contributed by atoms with Gasteiger partial charge in [-0.1, -0.05) is 12.1 Å². The molecule has 11 heteroatoms. The Bertz CT molecular complexity index is 922. The first-order chi connectivity index (χ1) is 14.0. The fourth-order valence-electron chi connectivity index (χ4n) is 2.35. The number of fused-ring (bicyclic) bond motifs is 1. The van der Waals surface area contributed by atoms with Crippen molar-refractivity contribution in [1.82, 2.24) is 10.9 Å². The van der Waals surface area contributed by atoms with Crippen LogP contribution in [0, 0.1) is 10.1 Å². The summed E-state index contributed by atoms with van der Waals surface area (Å²) in [5.74, 6) is 0.237. The standard InChI is InChI=1S/C18H17N3O7S/c22-17(10-28-14-4-2-1-3-13(14)21(24)25)19-20-18(23)11-29-12-5-6-15-16(9-12)27-8-7-26-15/h1-6,9H,7-8,10-11H2,(H,19,22)(H,20,23). The molecule has 2 N–H and O–H groups in total. The minimum Gasteiger partial charge on any atom is -0.486 e. The van der Waals surface area contributed by atoms with Gasteiger partial charge in [0.2, 0.25) is 5.91 Å². The van der Waals surface area contributed by atoms with Crippen LogP contribution in [0.2, 0.25) is 0 Å². The molecule has 2 aromatic rings. The van der Waals surface area contributed by atoms with Crippen molar-refractivity contribution in [3.8, 4) is 17.2 Å². The lowest BCUT2D eigenvalue weighted by molar-refractivity contribution is -0.385. The monoisotopic (exact) mass is 419 g/mol. The lowest BCUT2D eigenvalue weighted by atomic mass is 10.3. The number of para-hydroxylation sites is 2. The van der Waals surface area contributed by atoms with E-state index in [0.717, 1.165) is 4.90 Å². The van der Waals surface area contributed by atoms with Crippen LogP contribution >= 0.6 is 11.8 Å². The summed E-state index contributed by atoms with van der Waals surface area (Å²) in [4.78, 5) is 34.8. The first-order valence-corrected chi connectivity index (χ1v) is 9.48. The molecule has 0 unspecified atom stereocenters. The second kappa shape index (κ2) is 9.64. The van der Waals surface area contributed by atoms with Crippen molar-refractivity contribution in [2.24, 2.45) is 0 Å². The summed E-state index contributed by atoms with van der Waals surface area (Å²) in [5.41, 5.74) is 4.21. The third kappa shape index (κ3) is 5.75. The smallest absolute Gasteiger partial charge is 0.310 e. The molecule has 29 heavy (non-hydrogen) atoms. The fourth-order valence-corrected chi connectivity index (χ4v) is 3.07. The van der Waals surface area contributed by atoms with Crippen molar-refractivity contribution in [2.45, 2.75) is 4.90 Å². The van der Waals surface area contributed by atoms with Crippen molar-refractivity contribution in [3.05, 3.63) is 52.6 Å². The second-order valence-electron chi connectivity index (χ2n) is 5.70. The van der Waals surface area contributed by atoms with Gasteiger partial charge < -0.3 is 14.2 Å². The third-order valence-corrected chi connectivity index (χ3v) is 4.64. The Balaban J connectivity index is 1.40. The SMILES string of the molecule is O=C(COc1ccccc1[N+](=O)[O-])NNC(=O)CSc1ccc2c(c1)OCCO2. The number of nitrogens with one attached hydrogen (secondary N) is 2. The summed E-state index contributed by atoms with van der Waals surface area (Å²) >= 11 is 1.26. The van der Waals surface area contributed by atoms with Gasteiger partial charge in [-0.05, 0) is 24.3 Å². The number of amides is 2. The lowest BCUT2D eigenvalue weighted by Gasteiger charge is -2.18. The number of thioether (sulfide) groups is 1. The predicted molar refractivity (Wildman–Crippen MR) is 103 cm³/mol. The van der Waals surface area contributed by atoms with Gasteiger partial charge in [-0.3, -0.25) is 30.6 Å². The van der Waals surface area contributed by atoms with Crippen LogP contribution in [0.15, 0.2) is 47.4 Å². The van der Waals surface area contributed by atoms with E-state index < -0.39 is 23.3 Å². The van der Waals surface area contributed by atoms with E-state index in [2.05, 4.69) is 10.9 Å². The number of hydrogen-bond donors (Lipinski definition) is 2. The number of benzene rings is 2. The minimum absolute atomic E-state index is 0.0341. The molecular weight excluding hydrogens is 402 g/mol. The van der Waals surface area contributed by atoms with E-state index in [-0.39, 0.29) is 17.2 Å². The average Bonchev–Trinajstić information content (AvgIpc) is 2.74. The fraction of sp³-hybridized carbons (Fsp3) is 0.222. The van der Waals surface area contributed by atoms with Gasteiger partial charge in [0, 0.05) is 11.0 Å². The highest BCUT2D eigenvalue weighted by Gasteiger charge is 2.16. The molecule has 1 aliphatic rings. The van der Waals surface area contributed by atoms with Gasteiger partial charge in [-0.25, -0.2) is 0 Å². The van der Waals surface area contributed by atoms with E-state index >= 15 is 0 Å². The summed E-state index contributed by atoms with van der Waals surface area (Å²) in [6, 6.07) is 11.1. The number of hydrazine groups is 1. The average molecular weight is 419 g/mol. The Labute approximate surface area is 169 Å². The Kier molecular flexibility index (Phi) is 6.74. The Morgan fingerprint density at radius 1 is 1.07 bits per heavy atom. The van der Waals surface area contributed by atoms with Gasteiger partial charge in [0.1, 0.15) is 13.2 Å². The normalized spacial score (nSPS) is 12.0. The van der Waals surface area contributed by atoms with Crippen LogP contribution in [0.25, 0.3) is 0 Å². The quantitative estimate of drug-likeness (QED) is 0.394. The summed E-state index contributed by atoms with van der Waals surface area (Å²) in [6.07, 6.45) is 0. The maximum absolute atomic E-state index is 11.9. The Morgan fingerprint density at radius 2 is 1.79 bits per heavy atom. The van der Waals surface area contributed by atoms with Gasteiger partial charge in [-0.15, -0.1) is 11.8 Å². The summed E-state index contributed by atoms with van der Waals surface area (Å²) < 4.78 is 16.1. The van der Waals surface area contributed by atoms with Crippen LogP contribution in [-0.2, 0) is 9.59 Å². The maximum Gasteiger partial charge on any atom is 0.310 e. The van der Waals surface area contributed by atoms with Crippen LogP contribution in [0.3, 0.4) is 0 Å². The first-order valence-electron chi connectivity index (χ1n) is 8.49. The molecule has 152 valence electrons.